The first-order valence-electron chi connectivity index (χ1n) is 10.4. The van der Waals surface area contributed by atoms with Crippen LogP contribution in [0.15, 0.2) is 6.20 Å². The number of carboxylic acid groups (broad SMARTS) is 1. The second-order valence-electron chi connectivity index (χ2n) is 8.13. The van der Waals surface area contributed by atoms with Gasteiger partial charge in [0.15, 0.2) is 11.0 Å². The van der Waals surface area contributed by atoms with E-state index >= 15 is 0 Å². The number of halogens is 3. The Morgan fingerprint density at radius 1 is 1.36 bits per heavy atom. The number of fused-ring (bicyclic) bond motifs is 1. The van der Waals surface area contributed by atoms with Crippen LogP contribution in [0.1, 0.15) is 12.8 Å². The SMILES string of the molecule is CN1C[C@H](F)CC1COc1nc(N2CCN(C(=O)O)[C@@H](CC#N)C2)c2cnc(Cl)c(F)c2n1. The fourth-order valence-electron chi connectivity index (χ4n) is 4.26. The Morgan fingerprint density at radius 3 is 2.82 bits per heavy atom. The molecule has 2 aliphatic rings. The molecule has 0 radical (unpaired) electrons. The number of aromatic nitrogens is 3. The van der Waals surface area contributed by atoms with Gasteiger partial charge < -0.3 is 19.6 Å². The van der Waals surface area contributed by atoms with Gasteiger partial charge >= 0.3 is 12.1 Å². The Morgan fingerprint density at radius 2 is 2.15 bits per heavy atom. The maximum absolute atomic E-state index is 14.8. The van der Waals surface area contributed by atoms with E-state index in [0.717, 1.165) is 0 Å². The monoisotopic (exact) mass is 481 g/mol. The molecule has 33 heavy (non-hydrogen) atoms. The van der Waals surface area contributed by atoms with Crippen molar-refractivity contribution >= 4 is 34.4 Å². The highest BCUT2D eigenvalue weighted by molar-refractivity contribution is 6.30. The van der Waals surface area contributed by atoms with E-state index in [1.54, 1.807) is 11.9 Å². The molecule has 1 N–H and O–H groups in total. The van der Waals surface area contributed by atoms with Crippen LogP contribution in [0.3, 0.4) is 0 Å². The number of rotatable bonds is 5. The molecule has 10 nitrogen and oxygen atoms in total. The lowest BCUT2D eigenvalue weighted by atomic mass is 10.1. The zero-order chi connectivity index (χ0) is 23.7. The molecule has 0 spiro atoms. The van der Waals surface area contributed by atoms with E-state index < -0.39 is 24.1 Å². The first-order valence-corrected chi connectivity index (χ1v) is 10.8. The summed E-state index contributed by atoms with van der Waals surface area (Å²) in [5, 5.41) is 18.5. The summed E-state index contributed by atoms with van der Waals surface area (Å²) in [5.41, 5.74) is -0.0874. The van der Waals surface area contributed by atoms with Crippen molar-refractivity contribution in [3.05, 3.63) is 17.2 Å². The summed E-state index contributed by atoms with van der Waals surface area (Å²) in [5.74, 6) is -0.531. The quantitative estimate of drug-likeness (QED) is 0.641. The molecule has 0 aliphatic carbocycles. The van der Waals surface area contributed by atoms with E-state index in [4.69, 9.17) is 21.6 Å². The van der Waals surface area contributed by atoms with Gasteiger partial charge in [0, 0.05) is 38.4 Å². The minimum atomic E-state index is -1.11. The number of alkyl halides is 1. The highest BCUT2D eigenvalue weighted by Crippen LogP contribution is 2.31. The molecule has 176 valence electrons. The number of hydrogen-bond donors (Lipinski definition) is 1. The number of likely N-dealkylation sites (tertiary alicyclic amines) is 1. The Labute approximate surface area is 193 Å². The fraction of sp³-hybridized carbons (Fsp3) is 0.550. The molecule has 0 saturated carbocycles. The van der Waals surface area contributed by atoms with Crippen LogP contribution >= 0.6 is 11.6 Å². The van der Waals surface area contributed by atoms with Gasteiger partial charge in [-0.05, 0) is 13.5 Å². The molecule has 2 saturated heterocycles. The molecule has 1 unspecified atom stereocenters. The topological polar surface area (TPSA) is 119 Å². The molecule has 1 amide bonds. The molecule has 2 fully saturated rings. The van der Waals surface area contributed by atoms with Crippen molar-refractivity contribution in [3.8, 4) is 12.1 Å². The zero-order valence-corrected chi connectivity index (χ0v) is 18.5. The van der Waals surface area contributed by atoms with Gasteiger partial charge in [-0.1, -0.05) is 11.6 Å². The molecule has 4 heterocycles. The number of nitrogens with zero attached hydrogens (tertiary/aromatic N) is 7. The van der Waals surface area contributed by atoms with Crippen LogP contribution in [-0.2, 0) is 0 Å². The van der Waals surface area contributed by atoms with Crippen LogP contribution in [0.2, 0.25) is 5.15 Å². The zero-order valence-electron chi connectivity index (χ0n) is 17.8. The van der Waals surface area contributed by atoms with Gasteiger partial charge in [-0.2, -0.15) is 15.2 Å². The van der Waals surface area contributed by atoms with E-state index in [0.29, 0.717) is 18.8 Å². The van der Waals surface area contributed by atoms with Crippen molar-refractivity contribution in [2.75, 3.05) is 44.7 Å². The third kappa shape index (κ3) is 4.69. The van der Waals surface area contributed by atoms with Gasteiger partial charge in [-0.25, -0.2) is 18.6 Å². The molecular formula is C20H22ClF2N7O3. The standard InChI is InChI=1S/C20H22ClF2N7O3/c1-28-8-11(22)6-13(28)10-33-19-26-16-14(7-25-17(21)15(16)23)18(27-19)29-4-5-30(20(31)32)12(9-29)2-3-24/h7,11-13H,2,4-6,8-10H2,1H3,(H,31,32)/t11-,12+,13?/m1/s1. The molecule has 2 aromatic rings. The minimum absolute atomic E-state index is 0.00791. The Kier molecular flexibility index (Phi) is 6.62. The number of anilines is 1. The first-order chi connectivity index (χ1) is 15.8. The predicted octanol–water partition coefficient (Wildman–Crippen LogP) is 2.32. The lowest BCUT2D eigenvalue weighted by Gasteiger charge is -2.39. The lowest BCUT2D eigenvalue weighted by molar-refractivity contribution is 0.119. The van der Waals surface area contributed by atoms with Crippen LogP contribution in [0.5, 0.6) is 6.01 Å². The van der Waals surface area contributed by atoms with E-state index in [1.807, 2.05) is 11.0 Å². The second kappa shape index (κ2) is 9.44. The van der Waals surface area contributed by atoms with Crippen molar-refractivity contribution in [1.82, 2.24) is 24.8 Å². The first kappa shape index (κ1) is 23.1. The summed E-state index contributed by atoms with van der Waals surface area (Å²) in [4.78, 5) is 28.8. The largest absolute Gasteiger partial charge is 0.465 e. The number of likely N-dealkylation sites (N-methyl/N-ethyl adjacent to an activating group) is 1. The van der Waals surface area contributed by atoms with Gasteiger partial charge in [0.2, 0.25) is 0 Å². The normalized spacial score (nSPS) is 23.7. The van der Waals surface area contributed by atoms with Gasteiger partial charge in [-0.15, -0.1) is 0 Å². The van der Waals surface area contributed by atoms with Crippen LogP contribution in [0.4, 0.5) is 19.4 Å². The van der Waals surface area contributed by atoms with Crippen molar-refractivity contribution in [1.29, 1.82) is 5.26 Å². The van der Waals surface area contributed by atoms with Gasteiger partial charge in [-0.3, -0.25) is 4.90 Å². The average molecular weight is 482 g/mol. The summed E-state index contributed by atoms with van der Waals surface area (Å²) in [6, 6.07) is 1.14. The van der Waals surface area contributed by atoms with Crippen LogP contribution in [0.25, 0.3) is 10.9 Å². The molecule has 2 aliphatic heterocycles. The van der Waals surface area contributed by atoms with Crippen molar-refractivity contribution < 1.29 is 23.4 Å². The van der Waals surface area contributed by atoms with Crippen LogP contribution in [-0.4, -0.2) is 94.0 Å². The molecule has 3 atom stereocenters. The maximum atomic E-state index is 14.8. The Balaban J connectivity index is 1.67. The van der Waals surface area contributed by atoms with E-state index in [1.165, 1.54) is 11.1 Å². The molecule has 0 aromatic carbocycles. The third-order valence-corrected chi connectivity index (χ3v) is 6.26. The highest BCUT2D eigenvalue weighted by atomic mass is 35.5. The number of piperazine rings is 1. The van der Waals surface area contributed by atoms with Crippen molar-refractivity contribution in [2.45, 2.75) is 31.1 Å². The van der Waals surface area contributed by atoms with Gasteiger partial charge in [0.25, 0.3) is 0 Å². The van der Waals surface area contributed by atoms with Crippen LogP contribution in [0, 0.1) is 17.1 Å². The highest BCUT2D eigenvalue weighted by Gasteiger charge is 2.33. The predicted molar refractivity (Wildman–Crippen MR) is 115 cm³/mol. The Bertz CT molecular complexity index is 1100. The summed E-state index contributed by atoms with van der Waals surface area (Å²) in [6.45, 7) is 0.995. The third-order valence-electron chi connectivity index (χ3n) is 6.00. The van der Waals surface area contributed by atoms with Crippen molar-refractivity contribution in [3.63, 3.8) is 0 Å². The van der Waals surface area contributed by atoms with Crippen molar-refractivity contribution in [2.24, 2.45) is 0 Å². The van der Waals surface area contributed by atoms with Gasteiger partial charge in [0.1, 0.15) is 24.1 Å². The lowest BCUT2D eigenvalue weighted by Crippen LogP contribution is -2.55. The van der Waals surface area contributed by atoms with E-state index in [9.17, 15) is 18.7 Å². The van der Waals surface area contributed by atoms with Crippen LogP contribution < -0.4 is 9.64 Å². The summed E-state index contributed by atoms with van der Waals surface area (Å²) in [6.07, 6.45) is -0.402. The molecule has 13 heteroatoms. The number of ether oxygens (including phenoxy) is 1. The molecule has 4 rings (SSSR count). The Hall–Kier alpha value is -3.04. The minimum Gasteiger partial charge on any atom is -0.465 e. The number of pyridine rings is 1. The fourth-order valence-corrected chi connectivity index (χ4v) is 4.40. The number of hydrogen-bond acceptors (Lipinski definition) is 8. The average Bonchev–Trinajstić information content (AvgIpc) is 3.11. The smallest absolute Gasteiger partial charge is 0.407 e. The number of amides is 1. The summed E-state index contributed by atoms with van der Waals surface area (Å²) < 4.78 is 34.2. The number of carbonyl (C=O) groups is 1. The van der Waals surface area contributed by atoms with E-state index in [-0.39, 0.29) is 60.8 Å². The maximum Gasteiger partial charge on any atom is 0.407 e. The molecular weight excluding hydrogens is 460 g/mol. The summed E-state index contributed by atoms with van der Waals surface area (Å²) >= 11 is 5.86. The van der Waals surface area contributed by atoms with Gasteiger partial charge in [0.05, 0.1) is 23.9 Å². The molecule has 0 bridgehead atoms. The molecule has 2 aromatic heterocycles. The number of nitriles is 1. The van der Waals surface area contributed by atoms with E-state index in [2.05, 4.69) is 15.0 Å². The summed E-state index contributed by atoms with van der Waals surface area (Å²) in [7, 11) is 1.79. The second-order valence-corrected chi connectivity index (χ2v) is 8.49.